The van der Waals surface area contributed by atoms with Gasteiger partial charge in [0.25, 0.3) is 0 Å². The highest BCUT2D eigenvalue weighted by atomic mass is 79.9. The van der Waals surface area contributed by atoms with Gasteiger partial charge in [-0.2, -0.15) is 0 Å². The molecule has 234 valence electrons. The van der Waals surface area contributed by atoms with Crippen molar-refractivity contribution in [2.45, 2.75) is 116 Å². The fraction of sp³-hybridized carbons (Fsp3) is 0.933. The molecule has 0 aliphatic heterocycles. The molecule has 0 bridgehead atoms. The molecule has 0 saturated heterocycles. The molecule has 9 heteroatoms. The second-order valence-electron chi connectivity index (χ2n) is 11.8. The van der Waals surface area contributed by atoms with Gasteiger partial charge < -0.3 is 45.9 Å². The van der Waals surface area contributed by atoms with Crippen molar-refractivity contribution >= 4 is 12.2 Å². The molecule has 0 aromatic heterocycles. The molecule has 0 aromatic rings. The molecule has 0 aliphatic rings. The summed E-state index contributed by atoms with van der Waals surface area (Å²) in [4.78, 5) is 25.3. The molecule has 0 spiro atoms. The lowest BCUT2D eigenvalue weighted by molar-refractivity contribution is -0.869. The third-order valence-electron chi connectivity index (χ3n) is 6.53. The van der Waals surface area contributed by atoms with Crippen molar-refractivity contribution in [3.8, 4) is 0 Å². The van der Waals surface area contributed by atoms with E-state index in [0.29, 0.717) is 13.2 Å². The van der Waals surface area contributed by atoms with Crippen LogP contribution in [0.3, 0.4) is 0 Å². The van der Waals surface area contributed by atoms with Crippen LogP contribution in [0, 0.1) is 0 Å². The second kappa shape index (κ2) is 27.1. The molecule has 8 nitrogen and oxygen atoms in total. The fourth-order valence-corrected chi connectivity index (χ4v) is 4.04. The number of rotatable bonds is 25. The van der Waals surface area contributed by atoms with Crippen LogP contribution in [0.1, 0.15) is 110 Å². The number of hydrogen-bond acceptors (Lipinski definition) is 5. The number of halogens is 1. The van der Waals surface area contributed by atoms with Crippen LogP contribution in [0.25, 0.3) is 0 Å². The maximum Gasteiger partial charge on any atom is 0.409 e. The molecule has 0 aromatic carbocycles. The van der Waals surface area contributed by atoms with Gasteiger partial charge in [0.15, 0.2) is 6.10 Å². The van der Waals surface area contributed by atoms with Gasteiger partial charge in [0.2, 0.25) is 0 Å². The molecule has 1 N–H and O–H groups in total. The first kappa shape index (κ1) is 40.1. The van der Waals surface area contributed by atoms with E-state index < -0.39 is 18.3 Å². The highest BCUT2D eigenvalue weighted by Crippen LogP contribution is 2.13. The molecule has 0 fully saturated rings. The van der Waals surface area contributed by atoms with E-state index in [4.69, 9.17) is 14.2 Å². The molecule has 0 saturated carbocycles. The number of carbonyl (C=O) groups excluding carboxylic acids is 2. The van der Waals surface area contributed by atoms with Crippen LogP contribution in [0.4, 0.5) is 9.59 Å². The third-order valence-corrected chi connectivity index (χ3v) is 6.53. The minimum Gasteiger partial charge on any atom is -1.00 e. The van der Waals surface area contributed by atoms with Crippen LogP contribution in [-0.2, 0) is 14.2 Å². The topological polar surface area (TPSA) is 77.1 Å². The van der Waals surface area contributed by atoms with Crippen molar-refractivity contribution < 1.29 is 45.3 Å². The predicted octanol–water partition coefficient (Wildman–Crippen LogP) is 3.77. The number of carbonyl (C=O) groups is 2. The monoisotopic (exact) mass is 623 g/mol. The average molecular weight is 625 g/mol. The normalized spacial score (nSPS) is 11.9. The van der Waals surface area contributed by atoms with E-state index in [9.17, 15) is 9.59 Å². The molecule has 39 heavy (non-hydrogen) atoms. The van der Waals surface area contributed by atoms with Gasteiger partial charge in [0, 0.05) is 20.7 Å². The molecule has 0 rings (SSSR count). The summed E-state index contributed by atoms with van der Waals surface area (Å²) in [6.07, 6.45) is 19.7. The minimum atomic E-state index is -0.630. The summed E-state index contributed by atoms with van der Waals surface area (Å²) in [6, 6.07) is 0. The zero-order valence-electron chi connectivity index (χ0n) is 26.2. The number of amides is 2. The molecular weight excluding hydrogens is 562 g/mol. The Morgan fingerprint density at radius 3 is 1.64 bits per heavy atom. The summed E-state index contributed by atoms with van der Waals surface area (Å²) in [7, 11) is 9.41. The van der Waals surface area contributed by atoms with Crippen molar-refractivity contribution in [3.05, 3.63) is 0 Å². The summed E-state index contributed by atoms with van der Waals surface area (Å²) >= 11 is 0. The number of alkyl carbamates (subject to hydrolysis) is 1. The van der Waals surface area contributed by atoms with Crippen molar-refractivity contribution in [1.82, 2.24) is 10.2 Å². The molecule has 1 unspecified atom stereocenters. The maximum atomic E-state index is 12.0. The SMILES string of the molecule is CCCCCCCCCCCCCCCCCCOCC(COC(=O)NCC[N+](C)(C)C)OC(=O)N(C)C.[Br-]. The van der Waals surface area contributed by atoms with Crippen LogP contribution in [0.15, 0.2) is 0 Å². The van der Waals surface area contributed by atoms with Gasteiger partial charge >= 0.3 is 12.2 Å². The van der Waals surface area contributed by atoms with Crippen LogP contribution in [0.5, 0.6) is 0 Å². The summed E-state index contributed by atoms with van der Waals surface area (Å²) in [5, 5.41) is 2.73. The van der Waals surface area contributed by atoms with Gasteiger partial charge in [-0.15, -0.1) is 0 Å². The smallest absolute Gasteiger partial charge is 0.409 e. The van der Waals surface area contributed by atoms with Crippen LogP contribution < -0.4 is 22.3 Å². The van der Waals surface area contributed by atoms with Crippen molar-refractivity contribution in [3.63, 3.8) is 0 Å². The second-order valence-corrected chi connectivity index (χ2v) is 11.8. The van der Waals surface area contributed by atoms with Gasteiger partial charge in [0.1, 0.15) is 6.61 Å². The fourth-order valence-electron chi connectivity index (χ4n) is 4.04. The first-order valence-electron chi connectivity index (χ1n) is 15.3. The Kier molecular flexibility index (Phi) is 27.9. The average Bonchev–Trinajstić information content (AvgIpc) is 2.85. The van der Waals surface area contributed by atoms with Gasteiger partial charge in [-0.1, -0.05) is 103 Å². The molecule has 0 heterocycles. The third kappa shape index (κ3) is 29.7. The minimum absolute atomic E-state index is 0. The number of hydrogen-bond donors (Lipinski definition) is 1. The van der Waals surface area contributed by atoms with E-state index in [-0.39, 0.29) is 30.2 Å². The maximum absolute atomic E-state index is 12.0. The molecule has 2 amide bonds. The number of ether oxygens (including phenoxy) is 3. The molecule has 0 aliphatic carbocycles. The number of nitrogens with one attached hydrogen (secondary N) is 1. The van der Waals surface area contributed by atoms with Gasteiger partial charge in [-0.05, 0) is 6.42 Å². The largest absolute Gasteiger partial charge is 1.00 e. The number of likely N-dealkylation sites (N-methyl/N-ethyl adjacent to an activating group) is 1. The molecule has 0 radical (unpaired) electrons. The van der Waals surface area contributed by atoms with Gasteiger partial charge in [-0.3, -0.25) is 0 Å². The number of nitrogens with zero attached hydrogens (tertiary/aromatic N) is 2. The molecular formula is C30H62BrN3O5. The van der Waals surface area contributed by atoms with Gasteiger partial charge in [0.05, 0.1) is 40.8 Å². The van der Waals surface area contributed by atoms with Crippen molar-refractivity contribution in [1.29, 1.82) is 0 Å². The van der Waals surface area contributed by atoms with Crippen molar-refractivity contribution in [2.24, 2.45) is 0 Å². The Bertz CT molecular complexity index is 573. The van der Waals surface area contributed by atoms with Gasteiger partial charge in [-0.25, -0.2) is 9.59 Å². The summed E-state index contributed by atoms with van der Waals surface area (Å²) in [5.74, 6) is 0. The predicted molar refractivity (Wildman–Crippen MR) is 157 cm³/mol. The van der Waals surface area contributed by atoms with E-state index in [1.165, 1.54) is 94.8 Å². The van der Waals surface area contributed by atoms with E-state index in [1.807, 2.05) is 0 Å². The highest BCUT2D eigenvalue weighted by Gasteiger charge is 2.19. The van der Waals surface area contributed by atoms with Crippen LogP contribution >= 0.6 is 0 Å². The first-order valence-corrected chi connectivity index (χ1v) is 15.3. The zero-order valence-corrected chi connectivity index (χ0v) is 27.8. The lowest BCUT2D eigenvalue weighted by Crippen LogP contribution is -3.00. The van der Waals surface area contributed by atoms with E-state index in [0.717, 1.165) is 23.9 Å². The quantitative estimate of drug-likeness (QED) is 0.124. The summed E-state index contributed by atoms with van der Waals surface area (Å²) in [6.45, 7) is 4.37. The summed E-state index contributed by atoms with van der Waals surface area (Å²) < 4.78 is 17.2. The Balaban J connectivity index is 0. The Labute approximate surface area is 251 Å². The van der Waals surface area contributed by atoms with E-state index >= 15 is 0 Å². The molecule has 1 atom stereocenters. The van der Waals surface area contributed by atoms with Crippen molar-refractivity contribution in [2.75, 3.05) is 68.1 Å². The van der Waals surface area contributed by atoms with Crippen LogP contribution in [0.2, 0.25) is 0 Å². The first-order chi connectivity index (χ1) is 18.2. The lowest BCUT2D eigenvalue weighted by atomic mass is 10.0. The number of unbranched alkanes of at least 4 members (excludes halogenated alkanes) is 15. The Morgan fingerprint density at radius 2 is 1.21 bits per heavy atom. The standard InChI is InChI=1S/C30H61N3O5.BrH/c1-7-8-9-10-11-12-13-14-15-16-17-18-19-20-21-22-25-36-26-28(38-30(35)32(2)3)27-37-29(34)31-23-24-33(4,5)6;/h28H,7-27H2,1-6H3;1H. The number of quaternary nitrogens is 1. The highest BCUT2D eigenvalue weighted by molar-refractivity contribution is 5.68. The van der Waals surface area contributed by atoms with E-state index in [2.05, 4.69) is 33.4 Å². The summed E-state index contributed by atoms with van der Waals surface area (Å²) in [5.41, 5.74) is 0. The zero-order chi connectivity index (χ0) is 28.5. The van der Waals surface area contributed by atoms with E-state index in [1.54, 1.807) is 14.1 Å². The lowest BCUT2D eigenvalue weighted by Gasteiger charge is -2.24. The Hall–Kier alpha value is -1.06. The van der Waals surface area contributed by atoms with Crippen LogP contribution in [-0.4, -0.2) is 95.8 Å². The Morgan fingerprint density at radius 1 is 0.744 bits per heavy atom.